The van der Waals surface area contributed by atoms with Crippen LogP contribution in [0, 0.1) is 12.8 Å². The number of sulfone groups is 1. The van der Waals surface area contributed by atoms with Gasteiger partial charge >= 0.3 is 0 Å². The minimum absolute atomic E-state index is 0.0465. The number of hydrogen-bond donors (Lipinski definition) is 0. The maximum Gasteiger partial charge on any atom is 0.187 e. The van der Waals surface area contributed by atoms with Crippen LogP contribution >= 0.6 is 0 Å². The van der Waals surface area contributed by atoms with Crippen molar-refractivity contribution in [2.24, 2.45) is 5.92 Å². The SMILES string of the molecule is Cc1ccc(S(=O)(=O)[C@@H]2C=CC[C@@H]3CO[C@@H](c4ccccc4)O[C@H]32)cc1. The molecule has 136 valence electrons. The van der Waals surface area contributed by atoms with Crippen LogP contribution in [0.2, 0.25) is 0 Å². The number of benzene rings is 2. The minimum atomic E-state index is -3.52. The Bertz CT molecular complexity index is 887. The molecule has 0 bridgehead atoms. The fourth-order valence-corrected chi connectivity index (χ4v) is 5.38. The van der Waals surface area contributed by atoms with E-state index in [0.29, 0.717) is 11.5 Å². The Morgan fingerprint density at radius 1 is 1.00 bits per heavy atom. The predicted octanol–water partition coefficient (Wildman–Crippen LogP) is 3.83. The van der Waals surface area contributed by atoms with Crippen molar-refractivity contribution in [3.8, 4) is 0 Å². The minimum Gasteiger partial charge on any atom is -0.348 e. The van der Waals surface area contributed by atoms with Crippen LogP contribution in [-0.2, 0) is 19.3 Å². The molecule has 1 aliphatic heterocycles. The first kappa shape index (κ1) is 17.5. The molecular weight excluding hydrogens is 348 g/mol. The molecule has 0 N–H and O–H groups in total. The Hall–Kier alpha value is -1.95. The summed E-state index contributed by atoms with van der Waals surface area (Å²) in [4.78, 5) is 0.338. The molecule has 2 aromatic rings. The van der Waals surface area contributed by atoms with Crippen molar-refractivity contribution in [1.82, 2.24) is 0 Å². The van der Waals surface area contributed by atoms with Crippen LogP contribution in [0.4, 0.5) is 0 Å². The highest BCUT2D eigenvalue weighted by Crippen LogP contribution is 2.38. The summed E-state index contributed by atoms with van der Waals surface area (Å²) in [5.41, 5.74) is 1.94. The van der Waals surface area contributed by atoms with Gasteiger partial charge in [-0.2, -0.15) is 0 Å². The molecule has 1 heterocycles. The third-order valence-electron chi connectivity index (χ3n) is 5.07. The van der Waals surface area contributed by atoms with Crippen LogP contribution in [0.15, 0.2) is 71.6 Å². The van der Waals surface area contributed by atoms with Gasteiger partial charge in [-0.15, -0.1) is 0 Å². The molecule has 26 heavy (non-hydrogen) atoms. The summed E-state index contributed by atoms with van der Waals surface area (Å²) < 4.78 is 38.5. The van der Waals surface area contributed by atoms with Crippen LogP contribution in [0.5, 0.6) is 0 Å². The zero-order chi connectivity index (χ0) is 18.1. The van der Waals surface area contributed by atoms with Crippen LogP contribution in [0.3, 0.4) is 0 Å². The van der Waals surface area contributed by atoms with Crippen LogP contribution in [-0.4, -0.2) is 26.4 Å². The molecule has 1 saturated heterocycles. The highest BCUT2D eigenvalue weighted by Gasteiger charge is 2.44. The standard InChI is InChI=1S/C21H22O4S/c1-15-10-12-18(13-11-15)26(22,23)19-9-5-8-17-14-24-21(25-20(17)19)16-6-3-2-4-7-16/h2-7,9-13,17,19-21H,8,14H2,1H3/t17-,19-,20-,21-/m1/s1. The Balaban J connectivity index is 1.64. The molecular formula is C21H22O4S. The Morgan fingerprint density at radius 3 is 2.46 bits per heavy atom. The second-order valence-electron chi connectivity index (χ2n) is 6.92. The first-order chi connectivity index (χ1) is 12.6. The van der Waals surface area contributed by atoms with Gasteiger partial charge in [-0.1, -0.05) is 60.2 Å². The summed E-state index contributed by atoms with van der Waals surface area (Å²) in [6.07, 6.45) is 3.55. The number of fused-ring (bicyclic) bond motifs is 1. The number of hydrogen-bond acceptors (Lipinski definition) is 4. The lowest BCUT2D eigenvalue weighted by molar-refractivity contribution is -0.240. The lowest BCUT2D eigenvalue weighted by Gasteiger charge is -2.41. The average molecular weight is 370 g/mol. The summed E-state index contributed by atoms with van der Waals surface area (Å²) in [6.45, 7) is 2.44. The molecule has 0 aromatic heterocycles. The van der Waals surface area contributed by atoms with Crippen LogP contribution in [0.1, 0.15) is 23.8 Å². The maximum absolute atomic E-state index is 13.2. The zero-order valence-corrected chi connectivity index (χ0v) is 15.4. The van der Waals surface area contributed by atoms with Crippen molar-refractivity contribution in [1.29, 1.82) is 0 Å². The molecule has 1 aliphatic carbocycles. The molecule has 5 heteroatoms. The number of rotatable bonds is 3. The van der Waals surface area contributed by atoms with Gasteiger partial charge in [0, 0.05) is 11.5 Å². The van der Waals surface area contributed by atoms with Crippen molar-refractivity contribution in [2.45, 2.75) is 35.9 Å². The highest BCUT2D eigenvalue weighted by atomic mass is 32.2. The van der Waals surface area contributed by atoms with Gasteiger partial charge in [-0.05, 0) is 25.5 Å². The highest BCUT2D eigenvalue weighted by molar-refractivity contribution is 7.92. The van der Waals surface area contributed by atoms with E-state index in [1.54, 1.807) is 18.2 Å². The topological polar surface area (TPSA) is 52.6 Å². The van der Waals surface area contributed by atoms with Crippen molar-refractivity contribution >= 4 is 9.84 Å². The predicted molar refractivity (Wildman–Crippen MR) is 99.4 cm³/mol. The van der Waals surface area contributed by atoms with Gasteiger partial charge in [0.25, 0.3) is 0 Å². The molecule has 4 atom stereocenters. The molecule has 0 spiro atoms. The normalized spacial score (nSPS) is 28.5. The summed E-state index contributed by atoms with van der Waals surface area (Å²) in [5.74, 6) is 0.0465. The van der Waals surface area contributed by atoms with E-state index in [-0.39, 0.29) is 5.92 Å². The second kappa shape index (κ2) is 6.99. The fraction of sp³-hybridized carbons (Fsp3) is 0.333. The lowest BCUT2D eigenvalue weighted by Crippen LogP contribution is -2.47. The molecule has 4 rings (SSSR count). The largest absolute Gasteiger partial charge is 0.348 e. The molecule has 4 nitrogen and oxygen atoms in total. The Kier molecular flexibility index (Phi) is 4.69. The van der Waals surface area contributed by atoms with E-state index >= 15 is 0 Å². The van der Waals surface area contributed by atoms with E-state index in [9.17, 15) is 8.42 Å². The van der Waals surface area contributed by atoms with Crippen molar-refractivity contribution < 1.29 is 17.9 Å². The summed E-state index contributed by atoms with van der Waals surface area (Å²) in [5, 5.41) is -0.695. The lowest BCUT2D eigenvalue weighted by atomic mass is 9.90. The zero-order valence-electron chi connectivity index (χ0n) is 14.6. The van der Waals surface area contributed by atoms with Gasteiger partial charge in [0.05, 0.1) is 17.6 Å². The van der Waals surface area contributed by atoms with Gasteiger partial charge in [0.15, 0.2) is 16.1 Å². The molecule has 0 unspecified atom stereocenters. The second-order valence-corrected chi connectivity index (χ2v) is 9.03. The van der Waals surface area contributed by atoms with Crippen molar-refractivity contribution in [2.75, 3.05) is 6.61 Å². The molecule has 1 fully saturated rings. The average Bonchev–Trinajstić information content (AvgIpc) is 2.68. The van der Waals surface area contributed by atoms with Gasteiger partial charge in [0.1, 0.15) is 5.25 Å². The quantitative estimate of drug-likeness (QED) is 0.771. The summed E-state index contributed by atoms with van der Waals surface area (Å²) in [7, 11) is -3.52. The monoisotopic (exact) mass is 370 g/mol. The first-order valence-electron chi connectivity index (χ1n) is 8.85. The van der Waals surface area contributed by atoms with Gasteiger partial charge < -0.3 is 9.47 Å². The first-order valence-corrected chi connectivity index (χ1v) is 10.4. The Morgan fingerprint density at radius 2 is 1.73 bits per heavy atom. The van der Waals surface area contributed by atoms with E-state index in [1.807, 2.05) is 55.5 Å². The molecule has 0 radical (unpaired) electrons. The van der Waals surface area contributed by atoms with Gasteiger partial charge in [-0.25, -0.2) is 8.42 Å². The molecule has 0 amide bonds. The van der Waals surface area contributed by atoms with Crippen molar-refractivity contribution in [3.63, 3.8) is 0 Å². The number of allylic oxidation sites excluding steroid dienone is 1. The van der Waals surface area contributed by atoms with E-state index in [0.717, 1.165) is 17.5 Å². The van der Waals surface area contributed by atoms with Crippen LogP contribution < -0.4 is 0 Å². The molecule has 2 aliphatic rings. The van der Waals surface area contributed by atoms with E-state index in [4.69, 9.17) is 9.47 Å². The third-order valence-corrected chi connectivity index (χ3v) is 7.15. The summed E-state index contributed by atoms with van der Waals surface area (Å²) >= 11 is 0. The maximum atomic E-state index is 13.2. The van der Waals surface area contributed by atoms with E-state index in [2.05, 4.69) is 0 Å². The number of ether oxygens (including phenoxy) is 2. The Labute approximate surface area is 154 Å². The van der Waals surface area contributed by atoms with Crippen LogP contribution in [0.25, 0.3) is 0 Å². The van der Waals surface area contributed by atoms with Crippen molar-refractivity contribution in [3.05, 3.63) is 77.9 Å². The molecule has 0 saturated carbocycles. The van der Waals surface area contributed by atoms with E-state index in [1.165, 1.54) is 0 Å². The smallest absolute Gasteiger partial charge is 0.187 e. The fourth-order valence-electron chi connectivity index (χ4n) is 3.59. The van der Waals surface area contributed by atoms with Gasteiger partial charge in [-0.3, -0.25) is 0 Å². The van der Waals surface area contributed by atoms with E-state index < -0.39 is 27.5 Å². The summed E-state index contributed by atoms with van der Waals surface area (Å²) in [6, 6.07) is 16.7. The number of aryl methyl sites for hydroxylation is 1. The van der Waals surface area contributed by atoms with Gasteiger partial charge in [0.2, 0.25) is 0 Å². The third kappa shape index (κ3) is 3.22. The molecule has 2 aromatic carbocycles.